The van der Waals surface area contributed by atoms with Gasteiger partial charge in [0, 0.05) is 22.6 Å². The van der Waals surface area contributed by atoms with Crippen molar-refractivity contribution in [1.29, 1.82) is 0 Å². The molecular formula is C18H15Cl2N5O2. The monoisotopic (exact) mass is 403 g/mol. The summed E-state index contributed by atoms with van der Waals surface area (Å²) < 4.78 is 11.3. The molecule has 0 spiro atoms. The molecule has 0 saturated heterocycles. The van der Waals surface area contributed by atoms with E-state index in [1.807, 2.05) is 43.3 Å². The lowest BCUT2D eigenvalue weighted by molar-refractivity contribution is 0.340. The van der Waals surface area contributed by atoms with Gasteiger partial charge in [0.1, 0.15) is 11.3 Å². The van der Waals surface area contributed by atoms with E-state index in [2.05, 4.69) is 25.9 Å². The first-order chi connectivity index (χ1) is 13.1. The van der Waals surface area contributed by atoms with Gasteiger partial charge in [-0.25, -0.2) is 5.10 Å². The van der Waals surface area contributed by atoms with Gasteiger partial charge in [-0.05, 0) is 59.3 Å². The Hall–Kier alpha value is -2.77. The van der Waals surface area contributed by atoms with Crippen LogP contribution >= 0.6 is 23.2 Å². The maximum absolute atomic E-state index is 6.43. The van der Waals surface area contributed by atoms with Crippen molar-refractivity contribution in [3.8, 4) is 17.3 Å². The van der Waals surface area contributed by atoms with Crippen molar-refractivity contribution in [2.24, 2.45) is 0 Å². The zero-order valence-electron chi connectivity index (χ0n) is 14.3. The SMILES string of the molecule is CCOc1ccc(NCc2cc3oc(-c4nnn[nH]4)cc3cc2Cl)cc1Cl. The maximum Gasteiger partial charge on any atom is 0.215 e. The molecule has 4 aromatic rings. The molecule has 138 valence electrons. The second kappa shape index (κ2) is 7.46. The number of ether oxygens (including phenoxy) is 1. The van der Waals surface area contributed by atoms with E-state index in [1.165, 1.54) is 0 Å². The Morgan fingerprint density at radius 1 is 1.15 bits per heavy atom. The molecule has 0 atom stereocenters. The van der Waals surface area contributed by atoms with Crippen LogP contribution < -0.4 is 10.1 Å². The highest BCUT2D eigenvalue weighted by Crippen LogP contribution is 2.31. The fourth-order valence-electron chi connectivity index (χ4n) is 2.70. The van der Waals surface area contributed by atoms with Gasteiger partial charge in [0.25, 0.3) is 0 Å². The number of hydrogen-bond acceptors (Lipinski definition) is 6. The molecule has 0 radical (unpaired) electrons. The Balaban J connectivity index is 1.55. The summed E-state index contributed by atoms with van der Waals surface area (Å²) >= 11 is 12.7. The number of anilines is 1. The average molecular weight is 404 g/mol. The third-order valence-electron chi connectivity index (χ3n) is 3.98. The standard InChI is InChI=1S/C18H15Cl2N5O2/c1-2-26-15-4-3-12(8-14(15)20)21-9-11-7-16-10(5-13(11)19)6-17(27-16)18-22-24-25-23-18/h3-8,21H,2,9H2,1H3,(H,22,23,24,25). The molecule has 0 fully saturated rings. The van der Waals surface area contributed by atoms with Crippen LogP contribution in [0.5, 0.6) is 5.75 Å². The molecule has 4 rings (SSSR count). The molecule has 0 bridgehead atoms. The smallest absolute Gasteiger partial charge is 0.215 e. The molecule has 0 saturated carbocycles. The van der Waals surface area contributed by atoms with Crippen LogP contribution in [0.4, 0.5) is 5.69 Å². The highest BCUT2D eigenvalue weighted by Gasteiger charge is 2.12. The second-order valence-electron chi connectivity index (χ2n) is 5.77. The molecule has 2 N–H and O–H groups in total. The van der Waals surface area contributed by atoms with Gasteiger partial charge < -0.3 is 14.5 Å². The van der Waals surface area contributed by atoms with Crippen LogP contribution in [-0.4, -0.2) is 27.2 Å². The number of aromatic amines is 1. The van der Waals surface area contributed by atoms with Crippen LogP contribution in [0, 0.1) is 0 Å². The molecule has 0 unspecified atom stereocenters. The first kappa shape index (κ1) is 17.6. The Bertz CT molecular complexity index is 1080. The summed E-state index contributed by atoms with van der Waals surface area (Å²) in [4.78, 5) is 0. The van der Waals surface area contributed by atoms with E-state index in [-0.39, 0.29) is 0 Å². The number of tetrazole rings is 1. The normalized spacial score (nSPS) is 11.1. The van der Waals surface area contributed by atoms with Crippen LogP contribution in [0.25, 0.3) is 22.6 Å². The van der Waals surface area contributed by atoms with Crippen molar-refractivity contribution < 1.29 is 9.15 Å². The number of furan rings is 1. The molecule has 9 heteroatoms. The molecule has 0 aliphatic heterocycles. The summed E-state index contributed by atoms with van der Waals surface area (Å²) in [7, 11) is 0. The number of hydrogen-bond donors (Lipinski definition) is 2. The average Bonchev–Trinajstić information content (AvgIpc) is 3.31. The van der Waals surface area contributed by atoms with Gasteiger partial charge in [-0.2, -0.15) is 0 Å². The van der Waals surface area contributed by atoms with E-state index in [4.69, 9.17) is 32.4 Å². The van der Waals surface area contributed by atoms with Crippen molar-refractivity contribution in [3.63, 3.8) is 0 Å². The number of halogens is 2. The Labute approximate surface area is 164 Å². The van der Waals surface area contributed by atoms with Gasteiger partial charge in [-0.1, -0.05) is 23.2 Å². The summed E-state index contributed by atoms with van der Waals surface area (Å²) in [5, 5.41) is 19.0. The topological polar surface area (TPSA) is 88.9 Å². The van der Waals surface area contributed by atoms with Gasteiger partial charge in [0.15, 0.2) is 5.76 Å². The van der Waals surface area contributed by atoms with Gasteiger partial charge >= 0.3 is 0 Å². The summed E-state index contributed by atoms with van der Waals surface area (Å²) in [5.41, 5.74) is 2.46. The zero-order chi connectivity index (χ0) is 18.8. The molecule has 2 aromatic heterocycles. The predicted molar refractivity (Wildman–Crippen MR) is 104 cm³/mol. The van der Waals surface area contributed by atoms with Crippen LogP contribution in [-0.2, 0) is 6.54 Å². The molecular weight excluding hydrogens is 389 g/mol. The summed E-state index contributed by atoms with van der Waals surface area (Å²) in [6.07, 6.45) is 0. The second-order valence-corrected chi connectivity index (χ2v) is 6.59. The van der Waals surface area contributed by atoms with Crippen molar-refractivity contribution in [2.45, 2.75) is 13.5 Å². The van der Waals surface area contributed by atoms with Gasteiger partial charge in [-0.3, -0.25) is 0 Å². The fraction of sp³-hybridized carbons (Fsp3) is 0.167. The molecule has 0 amide bonds. The molecule has 0 aliphatic rings. The number of aromatic nitrogens is 4. The highest BCUT2D eigenvalue weighted by molar-refractivity contribution is 6.32. The first-order valence-electron chi connectivity index (χ1n) is 8.26. The lowest BCUT2D eigenvalue weighted by Gasteiger charge is -2.11. The van der Waals surface area contributed by atoms with Crippen molar-refractivity contribution in [2.75, 3.05) is 11.9 Å². The van der Waals surface area contributed by atoms with E-state index in [0.29, 0.717) is 46.1 Å². The van der Waals surface area contributed by atoms with Gasteiger partial charge in [0.2, 0.25) is 5.82 Å². The Morgan fingerprint density at radius 3 is 2.78 bits per heavy atom. The number of H-pyrrole nitrogens is 1. The minimum atomic E-state index is 0.464. The first-order valence-corrected chi connectivity index (χ1v) is 9.02. The van der Waals surface area contributed by atoms with E-state index < -0.39 is 0 Å². The Kier molecular flexibility index (Phi) is 4.87. The van der Waals surface area contributed by atoms with Crippen LogP contribution in [0.1, 0.15) is 12.5 Å². The van der Waals surface area contributed by atoms with E-state index in [9.17, 15) is 0 Å². The van der Waals surface area contributed by atoms with E-state index >= 15 is 0 Å². The highest BCUT2D eigenvalue weighted by atomic mass is 35.5. The van der Waals surface area contributed by atoms with Gasteiger partial charge in [0.05, 0.1) is 11.6 Å². The largest absolute Gasteiger partial charge is 0.492 e. The number of rotatable bonds is 6. The summed E-state index contributed by atoms with van der Waals surface area (Å²) in [6.45, 7) is 3.00. The lowest BCUT2D eigenvalue weighted by Crippen LogP contribution is -2.00. The zero-order valence-corrected chi connectivity index (χ0v) is 15.8. The van der Waals surface area contributed by atoms with Crippen molar-refractivity contribution in [3.05, 3.63) is 52.0 Å². The maximum atomic E-state index is 6.43. The van der Waals surface area contributed by atoms with Crippen molar-refractivity contribution in [1.82, 2.24) is 20.6 Å². The number of benzene rings is 2. The van der Waals surface area contributed by atoms with E-state index in [1.54, 1.807) is 0 Å². The minimum absolute atomic E-state index is 0.464. The third-order valence-corrected chi connectivity index (χ3v) is 4.63. The molecule has 27 heavy (non-hydrogen) atoms. The van der Waals surface area contributed by atoms with Crippen LogP contribution in [0.3, 0.4) is 0 Å². The quantitative estimate of drug-likeness (QED) is 0.474. The fourth-order valence-corrected chi connectivity index (χ4v) is 3.17. The molecule has 2 heterocycles. The summed E-state index contributed by atoms with van der Waals surface area (Å²) in [5.74, 6) is 1.68. The Morgan fingerprint density at radius 2 is 2.04 bits per heavy atom. The third kappa shape index (κ3) is 3.70. The minimum Gasteiger partial charge on any atom is -0.492 e. The molecule has 7 nitrogen and oxygen atoms in total. The van der Waals surface area contributed by atoms with Crippen molar-refractivity contribution >= 4 is 39.9 Å². The number of nitrogens with one attached hydrogen (secondary N) is 2. The summed E-state index contributed by atoms with van der Waals surface area (Å²) in [6, 6.07) is 11.2. The predicted octanol–water partition coefficient (Wildman–Crippen LogP) is 4.93. The van der Waals surface area contributed by atoms with Crippen LogP contribution in [0.2, 0.25) is 10.0 Å². The molecule has 2 aromatic carbocycles. The lowest BCUT2D eigenvalue weighted by atomic mass is 10.1. The molecule has 0 aliphatic carbocycles. The van der Waals surface area contributed by atoms with E-state index in [0.717, 1.165) is 16.6 Å². The number of nitrogens with zero attached hydrogens (tertiary/aromatic N) is 3. The van der Waals surface area contributed by atoms with Gasteiger partial charge in [-0.15, -0.1) is 5.10 Å². The van der Waals surface area contributed by atoms with Crippen LogP contribution in [0.15, 0.2) is 40.8 Å². The number of fused-ring (bicyclic) bond motifs is 1.